The summed E-state index contributed by atoms with van der Waals surface area (Å²) >= 11 is 0. The summed E-state index contributed by atoms with van der Waals surface area (Å²) in [5.74, 6) is 0.960. The van der Waals surface area contributed by atoms with Gasteiger partial charge in [0.2, 0.25) is 0 Å². The number of benzene rings is 1. The maximum absolute atomic E-state index is 13.2. The van der Waals surface area contributed by atoms with Gasteiger partial charge < -0.3 is 14.1 Å². The molecule has 1 aromatic carbocycles. The molecule has 182 valence electrons. The first kappa shape index (κ1) is 24.5. The highest BCUT2D eigenvalue weighted by Crippen LogP contribution is 2.46. The maximum Gasteiger partial charge on any atom is 0.289 e. The molecule has 34 heavy (non-hydrogen) atoms. The molecule has 0 saturated carbocycles. The molecule has 5 heteroatoms. The molecule has 1 fully saturated rings. The van der Waals surface area contributed by atoms with Gasteiger partial charge in [0.15, 0.2) is 5.76 Å². The number of nitrogens with zero attached hydrogens (tertiary/aromatic N) is 2. The number of hydrogen-bond acceptors (Lipinski definition) is 4. The molecule has 1 atom stereocenters. The van der Waals surface area contributed by atoms with Crippen LogP contribution in [0.5, 0.6) is 0 Å². The number of hydrogen-bond donors (Lipinski definition) is 0. The molecule has 1 amide bonds. The number of nitriles is 1. The highest BCUT2D eigenvalue weighted by Gasteiger charge is 2.37. The second-order valence-corrected chi connectivity index (χ2v) is 11.3. The summed E-state index contributed by atoms with van der Waals surface area (Å²) in [6.45, 7) is 13.2. The van der Waals surface area contributed by atoms with Gasteiger partial charge in [-0.3, -0.25) is 4.79 Å². The van der Waals surface area contributed by atoms with Crippen molar-refractivity contribution in [3.8, 4) is 6.07 Å². The summed E-state index contributed by atoms with van der Waals surface area (Å²) in [5.41, 5.74) is 5.76. The van der Waals surface area contributed by atoms with E-state index in [9.17, 15) is 4.79 Å². The number of furan rings is 1. The van der Waals surface area contributed by atoms with Crippen molar-refractivity contribution in [1.82, 2.24) is 4.90 Å². The van der Waals surface area contributed by atoms with Crippen molar-refractivity contribution >= 4 is 5.91 Å². The average Bonchev–Trinajstić information content (AvgIpc) is 3.47. The maximum atomic E-state index is 13.2. The zero-order chi connectivity index (χ0) is 24.5. The van der Waals surface area contributed by atoms with Crippen LogP contribution in [-0.4, -0.2) is 36.6 Å². The van der Waals surface area contributed by atoms with E-state index in [4.69, 9.17) is 14.4 Å². The second-order valence-electron chi connectivity index (χ2n) is 11.3. The Morgan fingerprint density at radius 1 is 1.15 bits per heavy atom. The number of fused-ring (bicyclic) bond motifs is 1. The van der Waals surface area contributed by atoms with Gasteiger partial charge in [0.05, 0.1) is 18.6 Å². The second kappa shape index (κ2) is 9.58. The summed E-state index contributed by atoms with van der Waals surface area (Å²) in [4.78, 5) is 14.9. The molecule has 0 bridgehead atoms. The van der Waals surface area contributed by atoms with Crippen LogP contribution in [0.15, 0.2) is 28.7 Å². The van der Waals surface area contributed by atoms with E-state index in [0.29, 0.717) is 31.7 Å². The van der Waals surface area contributed by atoms with E-state index in [-0.39, 0.29) is 22.8 Å². The van der Waals surface area contributed by atoms with Crippen LogP contribution < -0.4 is 0 Å². The van der Waals surface area contributed by atoms with E-state index in [1.807, 2.05) is 6.07 Å². The Bertz CT molecular complexity index is 1080. The minimum atomic E-state index is -0.165. The van der Waals surface area contributed by atoms with Crippen LogP contribution in [0, 0.1) is 18.3 Å². The molecule has 0 radical (unpaired) electrons. The van der Waals surface area contributed by atoms with E-state index < -0.39 is 0 Å². The van der Waals surface area contributed by atoms with Gasteiger partial charge in [0.25, 0.3) is 5.91 Å². The van der Waals surface area contributed by atoms with Crippen molar-refractivity contribution in [3.63, 3.8) is 0 Å². The molecule has 2 aromatic rings. The van der Waals surface area contributed by atoms with Crippen LogP contribution in [-0.2, 0) is 22.0 Å². The van der Waals surface area contributed by atoms with Crippen LogP contribution in [0.1, 0.15) is 98.4 Å². The summed E-state index contributed by atoms with van der Waals surface area (Å²) in [6.07, 6.45) is 5.35. The third kappa shape index (κ3) is 5.08. The predicted molar refractivity (Wildman–Crippen MR) is 133 cm³/mol. The normalized spacial score (nSPS) is 20.5. The van der Waals surface area contributed by atoms with Crippen LogP contribution >= 0.6 is 0 Å². The molecule has 5 nitrogen and oxygen atoms in total. The average molecular weight is 463 g/mol. The Morgan fingerprint density at radius 3 is 2.50 bits per heavy atom. The number of carbonyl (C=O) groups is 1. The third-order valence-electron chi connectivity index (χ3n) is 7.78. The van der Waals surface area contributed by atoms with Gasteiger partial charge in [0, 0.05) is 26.1 Å². The molecular weight excluding hydrogens is 424 g/mol. The van der Waals surface area contributed by atoms with Crippen molar-refractivity contribution < 1.29 is 13.9 Å². The zero-order valence-corrected chi connectivity index (χ0v) is 21.4. The van der Waals surface area contributed by atoms with E-state index in [1.54, 1.807) is 11.0 Å². The van der Waals surface area contributed by atoms with Crippen molar-refractivity contribution in [2.75, 3.05) is 19.7 Å². The van der Waals surface area contributed by atoms with Crippen molar-refractivity contribution in [1.29, 1.82) is 5.26 Å². The van der Waals surface area contributed by atoms with E-state index >= 15 is 0 Å². The lowest BCUT2D eigenvalue weighted by Crippen LogP contribution is -2.37. The molecule has 1 unspecified atom stereocenters. The quantitative estimate of drug-likeness (QED) is 0.501. The summed E-state index contributed by atoms with van der Waals surface area (Å²) in [6, 6.07) is 10.6. The fraction of sp³-hybridized carbons (Fsp3) is 0.586. The third-order valence-corrected chi connectivity index (χ3v) is 7.78. The van der Waals surface area contributed by atoms with Gasteiger partial charge in [-0.15, -0.1) is 0 Å². The lowest BCUT2D eigenvalue weighted by Gasteiger charge is -2.42. The van der Waals surface area contributed by atoms with Gasteiger partial charge in [-0.1, -0.05) is 39.8 Å². The van der Waals surface area contributed by atoms with E-state index in [0.717, 1.165) is 25.2 Å². The van der Waals surface area contributed by atoms with Gasteiger partial charge >= 0.3 is 0 Å². The summed E-state index contributed by atoms with van der Waals surface area (Å²) in [5, 5.41) is 9.03. The number of carbonyl (C=O) groups excluding carboxylic acids is 1. The van der Waals surface area contributed by atoms with Crippen molar-refractivity contribution in [2.45, 2.75) is 90.1 Å². The van der Waals surface area contributed by atoms with Gasteiger partial charge in [-0.2, -0.15) is 5.26 Å². The Balaban J connectivity index is 1.54. The van der Waals surface area contributed by atoms with Crippen LogP contribution in [0.4, 0.5) is 0 Å². The van der Waals surface area contributed by atoms with Gasteiger partial charge in [-0.05, 0) is 77.8 Å². The molecule has 1 aromatic heterocycles. The molecule has 4 rings (SSSR count). The van der Waals surface area contributed by atoms with Crippen molar-refractivity contribution in [3.05, 3.63) is 58.0 Å². The molecule has 0 spiro atoms. The SMILES string of the molecule is Cc1cc2c(cc1Cc1ccc(C(=O)N(CCC#N)CC3CCCO3)o1)C(C)(C)CCC2(C)C. The number of amides is 1. The van der Waals surface area contributed by atoms with Crippen LogP contribution in [0.25, 0.3) is 0 Å². The Kier molecular flexibility index (Phi) is 6.92. The highest BCUT2D eigenvalue weighted by molar-refractivity contribution is 5.91. The minimum absolute atomic E-state index is 0.0443. The van der Waals surface area contributed by atoms with Crippen molar-refractivity contribution in [2.24, 2.45) is 0 Å². The smallest absolute Gasteiger partial charge is 0.289 e. The number of rotatable bonds is 7. The molecule has 1 saturated heterocycles. The predicted octanol–water partition coefficient (Wildman–Crippen LogP) is 6.06. The fourth-order valence-corrected chi connectivity index (χ4v) is 5.38. The van der Waals surface area contributed by atoms with Crippen LogP contribution in [0.2, 0.25) is 0 Å². The highest BCUT2D eigenvalue weighted by atomic mass is 16.5. The van der Waals surface area contributed by atoms with Gasteiger partial charge in [-0.25, -0.2) is 0 Å². The standard InChI is InChI=1S/C29H38N2O3/c1-20-16-24-25(29(4,5)12-11-28(24,2)3)18-21(20)17-22-9-10-26(34-22)27(32)31(14-7-13-30)19-23-8-6-15-33-23/h9-10,16,18,23H,6-8,11-12,14-15,17,19H2,1-5H3. The molecule has 2 aliphatic rings. The monoisotopic (exact) mass is 462 g/mol. The number of ether oxygens (including phenoxy) is 1. The molecule has 1 aliphatic carbocycles. The molecule has 0 N–H and O–H groups in total. The lowest BCUT2D eigenvalue weighted by molar-refractivity contribution is 0.0507. The first-order valence-electron chi connectivity index (χ1n) is 12.6. The lowest BCUT2D eigenvalue weighted by atomic mass is 9.62. The Morgan fingerprint density at radius 2 is 1.85 bits per heavy atom. The Hall–Kier alpha value is -2.58. The summed E-state index contributed by atoms with van der Waals surface area (Å²) < 4.78 is 11.8. The number of aryl methyl sites for hydroxylation is 1. The molecular formula is C29H38N2O3. The van der Waals surface area contributed by atoms with E-state index in [1.165, 1.54) is 35.1 Å². The molecule has 2 heterocycles. The van der Waals surface area contributed by atoms with E-state index in [2.05, 4.69) is 52.8 Å². The van der Waals surface area contributed by atoms with Gasteiger partial charge in [0.1, 0.15) is 5.76 Å². The largest absolute Gasteiger partial charge is 0.456 e. The fourth-order valence-electron chi connectivity index (χ4n) is 5.38. The summed E-state index contributed by atoms with van der Waals surface area (Å²) in [7, 11) is 0. The minimum Gasteiger partial charge on any atom is -0.456 e. The molecule has 1 aliphatic heterocycles. The topological polar surface area (TPSA) is 66.5 Å². The first-order chi connectivity index (χ1) is 16.1. The van der Waals surface area contributed by atoms with Crippen LogP contribution in [0.3, 0.4) is 0 Å². The first-order valence-corrected chi connectivity index (χ1v) is 12.6. The zero-order valence-electron chi connectivity index (χ0n) is 21.4. The Labute approximate surface area is 204 Å².